The summed E-state index contributed by atoms with van der Waals surface area (Å²) in [5.41, 5.74) is 3.67. The molecular formula is C24H17Cl3N4S. The van der Waals surface area contributed by atoms with E-state index in [0.717, 1.165) is 22.8 Å². The lowest BCUT2D eigenvalue weighted by Gasteiger charge is -2.29. The smallest absolute Gasteiger partial charge is 0.174 e. The van der Waals surface area contributed by atoms with Gasteiger partial charge in [0.1, 0.15) is 6.04 Å². The number of nitrogens with one attached hydrogen (secondary N) is 1. The summed E-state index contributed by atoms with van der Waals surface area (Å²) in [4.78, 5) is 6.70. The quantitative estimate of drug-likeness (QED) is 0.306. The first-order valence-corrected chi connectivity index (χ1v) is 11.5. The number of halogens is 3. The lowest BCUT2D eigenvalue weighted by Crippen LogP contribution is -2.30. The van der Waals surface area contributed by atoms with Gasteiger partial charge < -0.3 is 14.8 Å². The van der Waals surface area contributed by atoms with Crippen molar-refractivity contribution in [3.8, 4) is 5.69 Å². The van der Waals surface area contributed by atoms with Crippen LogP contribution in [0.15, 0.2) is 85.2 Å². The van der Waals surface area contributed by atoms with Crippen molar-refractivity contribution < 1.29 is 0 Å². The fourth-order valence-electron chi connectivity index (χ4n) is 4.07. The van der Waals surface area contributed by atoms with Crippen molar-refractivity contribution in [2.45, 2.75) is 12.1 Å². The first-order chi connectivity index (χ1) is 15.5. The molecule has 8 heteroatoms. The number of pyridine rings is 1. The van der Waals surface area contributed by atoms with Crippen LogP contribution in [0.4, 0.5) is 5.69 Å². The summed E-state index contributed by atoms with van der Waals surface area (Å²) in [6.45, 7) is 0. The molecule has 1 fully saturated rings. The zero-order valence-electron chi connectivity index (χ0n) is 16.6. The molecule has 0 aliphatic carbocycles. The molecule has 1 aliphatic heterocycles. The minimum Gasteiger partial charge on any atom is -0.351 e. The summed E-state index contributed by atoms with van der Waals surface area (Å²) in [6.07, 6.45) is 3.78. The van der Waals surface area contributed by atoms with Gasteiger partial charge in [-0.2, -0.15) is 0 Å². The molecule has 3 heterocycles. The van der Waals surface area contributed by atoms with Crippen LogP contribution in [0.25, 0.3) is 5.69 Å². The van der Waals surface area contributed by atoms with Crippen LogP contribution < -0.4 is 10.2 Å². The van der Waals surface area contributed by atoms with Crippen LogP contribution in [0, 0.1) is 0 Å². The maximum Gasteiger partial charge on any atom is 0.174 e. The molecule has 0 amide bonds. The van der Waals surface area contributed by atoms with E-state index in [0.29, 0.717) is 20.2 Å². The lowest BCUT2D eigenvalue weighted by atomic mass is 10.0. The molecule has 1 aliphatic rings. The molecule has 4 aromatic rings. The average molecular weight is 500 g/mol. The highest BCUT2D eigenvalue weighted by molar-refractivity contribution is 7.80. The number of hydrogen-bond donors (Lipinski definition) is 1. The van der Waals surface area contributed by atoms with Crippen molar-refractivity contribution >= 4 is 57.8 Å². The zero-order valence-corrected chi connectivity index (χ0v) is 19.7. The maximum atomic E-state index is 6.57. The predicted octanol–water partition coefficient (Wildman–Crippen LogP) is 7.01. The largest absolute Gasteiger partial charge is 0.351 e. The van der Waals surface area contributed by atoms with Crippen molar-refractivity contribution in [1.29, 1.82) is 0 Å². The maximum absolute atomic E-state index is 6.57. The third-order valence-corrected chi connectivity index (χ3v) is 6.56. The third kappa shape index (κ3) is 3.86. The molecule has 4 nitrogen and oxygen atoms in total. The Kier molecular flexibility index (Phi) is 5.82. The van der Waals surface area contributed by atoms with Gasteiger partial charge in [-0.1, -0.05) is 40.9 Å². The normalized spacial score (nSPS) is 18.1. The van der Waals surface area contributed by atoms with Crippen LogP contribution in [-0.2, 0) is 0 Å². The highest BCUT2D eigenvalue weighted by Gasteiger charge is 2.42. The van der Waals surface area contributed by atoms with Crippen molar-refractivity contribution in [2.24, 2.45) is 0 Å². The molecule has 2 atom stereocenters. The Hall–Kier alpha value is -2.57. The van der Waals surface area contributed by atoms with Gasteiger partial charge in [-0.25, -0.2) is 0 Å². The second-order valence-corrected chi connectivity index (χ2v) is 9.04. The number of hydrogen-bond acceptors (Lipinski definition) is 2. The standard InChI is InChI=1S/C24H17Cl3N4S/c25-15-6-9-17(10-7-15)31-23(22(29-24(31)32)19-4-1-2-12-28-19)21-5-3-13-30(21)20-11-8-16(26)14-18(20)27/h1-14,22-23H,(H,29,32)/t22-,23-/m0/s1. The van der Waals surface area contributed by atoms with Gasteiger partial charge >= 0.3 is 0 Å². The van der Waals surface area contributed by atoms with E-state index < -0.39 is 0 Å². The molecular weight excluding hydrogens is 483 g/mol. The van der Waals surface area contributed by atoms with Crippen LogP contribution in [0.3, 0.4) is 0 Å². The molecule has 160 valence electrons. The summed E-state index contributed by atoms with van der Waals surface area (Å²) in [6, 6.07) is 22.7. The lowest BCUT2D eigenvalue weighted by molar-refractivity contribution is 0.549. The highest BCUT2D eigenvalue weighted by Crippen LogP contribution is 2.43. The van der Waals surface area contributed by atoms with E-state index in [1.54, 1.807) is 12.3 Å². The first kappa shape index (κ1) is 21.3. The van der Waals surface area contributed by atoms with E-state index in [-0.39, 0.29) is 12.1 Å². The van der Waals surface area contributed by atoms with Crippen molar-refractivity contribution in [3.05, 3.63) is 112 Å². The topological polar surface area (TPSA) is 33.1 Å². The van der Waals surface area contributed by atoms with Gasteiger partial charge in [-0.05, 0) is 78.9 Å². The van der Waals surface area contributed by atoms with Gasteiger partial charge in [0, 0.05) is 33.8 Å². The van der Waals surface area contributed by atoms with Crippen LogP contribution in [0.1, 0.15) is 23.5 Å². The number of anilines is 1. The summed E-state index contributed by atoms with van der Waals surface area (Å²) in [5, 5.41) is 5.90. The molecule has 2 aromatic carbocycles. The van der Waals surface area contributed by atoms with Crippen LogP contribution in [0.5, 0.6) is 0 Å². The first-order valence-electron chi connectivity index (χ1n) is 9.92. The average Bonchev–Trinajstić information content (AvgIpc) is 3.39. The van der Waals surface area contributed by atoms with Crippen molar-refractivity contribution in [3.63, 3.8) is 0 Å². The molecule has 0 unspecified atom stereocenters. The van der Waals surface area contributed by atoms with Gasteiger partial charge in [0.2, 0.25) is 0 Å². The molecule has 5 rings (SSSR count). The fraction of sp³-hybridized carbons (Fsp3) is 0.0833. The molecule has 1 N–H and O–H groups in total. The molecule has 0 bridgehead atoms. The number of rotatable bonds is 4. The van der Waals surface area contributed by atoms with Crippen LogP contribution >= 0.6 is 47.0 Å². The minimum absolute atomic E-state index is 0.167. The third-order valence-electron chi connectivity index (χ3n) is 5.46. The van der Waals surface area contributed by atoms with E-state index in [1.165, 1.54) is 0 Å². The van der Waals surface area contributed by atoms with Crippen LogP contribution in [-0.4, -0.2) is 14.7 Å². The molecule has 0 spiro atoms. The van der Waals surface area contributed by atoms with Crippen LogP contribution in [0.2, 0.25) is 15.1 Å². The van der Waals surface area contributed by atoms with Gasteiger partial charge in [0.25, 0.3) is 0 Å². The van der Waals surface area contributed by atoms with E-state index in [1.807, 2.05) is 66.9 Å². The summed E-state index contributed by atoms with van der Waals surface area (Å²) in [7, 11) is 0. The summed E-state index contributed by atoms with van der Waals surface area (Å²) in [5.74, 6) is 0. The Labute approximate surface area is 206 Å². The summed E-state index contributed by atoms with van der Waals surface area (Å²) < 4.78 is 2.07. The number of benzene rings is 2. The Morgan fingerprint density at radius 2 is 1.66 bits per heavy atom. The Balaban J connectivity index is 1.68. The van der Waals surface area contributed by atoms with Gasteiger partial charge in [-0.15, -0.1) is 0 Å². The van der Waals surface area contributed by atoms with E-state index in [4.69, 9.17) is 47.0 Å². The SMILES string of the molecule is S=C1N[C@@H](c2ccccn2)[C@H](c2cccn2-c2ccc(Cl)cc2Cl)N1c1ccc(Cl)cc1. The van der Waals surface area contributed by atoms with Crippen molar-refractivity contribution in [1.82, 2.24) is 14.9 Å². The zero-order chi connectivity index (χ0) is 22.2. The highest BCUT2D eigenvalue weighted by atomic mass is 35.5. The molecule has 32 heavy (non-hydrogen) atoms. The summed E-state index contributed by atoms with van der Waals surface area (Å²) >= 11 is 24.6. The number of nitrogens with zero attached hydrogens (tertiary/aromatic N) is 3. The fourth-order valence-corrected chi connectivity index (χ4v) is 5.04. The molecule has 2 aromatic heterocycles. The second-order valence-electron chi connectivity index (χ2n) is 7.37. The van der Waals surface area contributed by atoms with E-state index in [9.17, 15) is 0 Å². The molecule has 0 radical (unpaired) electrons. The Morgan fingerprint density at radius 3 is 2.38 bits per heavy atom. The molecule has 0 saturated carbocycles. The van der Waals surface area contributed by atoms with Gasteiger partial charge in [-0.3, -0.25) is 4.98 Å². The number of aromatic nitrogens is 2. The Bertz CT molecular complexity index is 1270. The Morgan fingerprint density at radius 1 is 0.875 bits per heavy atom. The number of thiocarbonyl (C=S) groups is 1. The molecule has 1 saturated heterocycles. The monoisotopic (exact) mass is 498 g/mol. The van der Waals surface area contributed by atoms with Crippen molar-refractivity contribution in [2.75, 3.05) is 4.90 Å². The van der Waals surface area contributed by atoms with Gasteiger partial charge in [0.05, 0.1) is 22.4 Å². The van der Waals surface area contributed by atoms with Gasteiger partial charge in [0.15, 0.2) is 5.11 Å². The minimum atomic E-state index is -0.180. The predicted molar refractivity (Wildman–Crippen MR) is 135 cm³/mol. The second kappa shape index (κ2) is 8.75. The van der Waals surface area contributed by atoms with E-state index in [2.05, 4.69) is 25.8 Å². The van der Waals surface area contributed by atoms with E-state index >= 15 is 0 Å².